The number of hydrogen-bond acceptors (Lipinski definition) is 6. The van der Waals surface area contributed by atoms with Crippen molar-refractivity contribution in [2.75, 3.05) is 13.6 Å². The molecule has 0 N–H and O–H groups in total. The highest BCUT2D eigenvalue weighted by Gasteiger charge is 2.14. The highest BCUT2D eigenvalue weighted by Crippen LogP contribution is 2.14. The molecule has 0 bridgehead atoms. The highest BCUT2D eigenvalue weighted by atomic mass is 32.1. The molecule has 2 aromatic rings. The van der Waals surface area contributed by atoms with Crippen LogP contribution in [-0.2, 0) is 6.54 Å². The molecule has 21 heavy (non-hydrogen) atoms. The fourth-order valence-electron chi connectivity index (χ4n) is 1.94. The van der Waals surface area contributed by atoms with Gasteiger partial charge in [0.25, 0.3) is 5.69 Å². The van der Waals surface area contributed by atoms with Gasteiger partial charge in [-0.05, 0) is 14.0 Å². The molecule has 0 amide bonds. The number of rotatable bonds is 6. The lowest BCUT2D eigenvalue weighted by atomic mass is 10.1. The summed E-state index contributed by atoms with van der Waals surface area (Å²) >= 11 is 1.57. The number of ketones is 1. The zero-order valence-corrected chi connectivity index (χ0v) is 12.6. The molecule has 0 atom stereocenters. The number of likely N-dealkylation sites (N-methyl/N-ethyl adjacent to an activating group) is 1. The van der Waals surface area contributed by atoms with Crippen LogP contribution in [0.15, 0.2) is 29.6 Å². The summed E-state index contributed by atoms with van der Waals surface area (Å²) in [6.45, 7) is 2.70. The van der Waals surface area contributed by atoms with Gasteiger partial charge in [0, 0.05) is 29.6 Å². The molecule has 1 aromatic heterocycles. The molecule has 0 aliphatic heterocycles. The van der Waals surface area contributed by atoms with Crippen LogP contribution in [0.1, 0.15) is 21.1 Å². The Bertz CT molecular complexity index is 669. The van der Waals surface area contributed by atoms with Crippen LogP contribution in [-0.4, -0.2) is 34.2 Å². The zero-order valence-electron chi connectivity index (χ0n) is 11.8. The second-order valence-electron chi connectivity index (χ2n) is 4.76. The summed E-state index contributed by atoms with van der Waals surface area (Å²) in [5.41, 5.74) is 1.20. The number of carbonyl (C=O) groups excluding carboxylic acids is 1. The maximum Gasteiger partial charge on any atom is 0.270 e. The minimum atomic E-state index is -0.501. The first kappa shape index (κ1) is 15.3. The number of nitro benzene ring substituents is 1. The molecule has 6 nitrogen and oxygen atoms in total. The van der Waals surface area contributed by atoms with E-state index in [9.17, 15) is 14.9 Å². The molecule has 0 radical (unpaired) electrons. The number of aryl methyl sites for hydroxylation is 1. The standard InChI is InChI=1S/C14H15N3O3S/c1-10-15-12(9-21-10)7-16(2)8-14(18)11-4-3-5-13(6-11)17(19)20/h3-6,9H,7-8H2,1-2H3. The molecule has 0 saturated carbocycles. The van der Waals surface area contributed by atoms with E-state index in [4.69, 9.17) is 0 Å². The van der Waals surface area contributed by atoms with Crippen LogP contribution in [0.2, 0.25) is 0 Å². The first-order valence-electron chi connectivity index (χ1n) is 6.33. The van der Waals surface area contributed by atoms with Crippen LogP contribution in [0.25, 0.3) is 0 Å². The Kier molecular flexibility index (Phi) is 4.77. The van der Waals surface area contributed by atoms with E-state index in [1.807, 2.05) is 24.3 Å². The normalized spacial score (nSPS) is 10.8. The molecule has 0 saturated heterocycles. The molecule has 0 fully saturated rings. The van der Waals surface area contributed by atoms with Crippen molar-refractivity contribution in [2.45, 2.75) is 13.5 Å². The van der Waals surface area contributed by atoms with Gasteiger partial charge in [0.2, 0.25) is 0 Å². The lowest BCUT2D eigenvalue weighted by Gasteiger charge is -2.14. The molecular formula is C14H15N3O3S. The lowest BCUT2D eigenvalue weighted by molar-refractivity contribution is -0.384. The van der Waals surface area contributed by atoms with Crippen molar-refractivity contribution in [3.05, 3.63) is 56.0 Å². The number of thiazole rings is 1. The number of Topliss-reactive ketones (excluding diaryl/α,β-unsaturated/α-hetero) is 1. The third-order valence-corrected chi connectivity index (χ3v) is 3.71. The van der Waals surface area contributed by atoms with E-state index in [1.165, 1.54) is 18.2 Å². The molecule has 2 rings (SSSR count). The van der Waals surface area contributed by atoms with Gasteiger partial charge in [-0.1, -0.05) is 12.1 Å². The second kappa shape index (κ2) is 6.55. The van der Waals surface area contributed by atoms with Gasteiger partial charge < -0.3 is 0 Å². The number of hydrogen-bond donors (Lipinski definition) is 0. The quantitative estimate of drug-likeness (QED) is 0.466. The lowest BCUT2D eigenvalue weighted by Crippen LogP contribution is -2.25. The molecule has 0 unspecified atom stereocenters. The summed E-state index contributed by atoms with van der Waals surface area (Å²) in [6.07, 6.45) is 0. The van der Waals surface area contributed by atoms with Gasteiger partial charge in [0.1, 0.15) is 0 Å². The van der Waals surface area contributed by atoms with E-state index in [0.29, 0.717) is 12.1 Å². The number of aromatic nitrogens is 1. The van der Waals surface area contributed by atoms with Crippen molar-refractivity contribution in [1.82, 2.24) is 9.88 Å². The molecule has 0 aliphatic carbocycles. The Hall–Kier alpha value is -2.12. The number of nitrogens with zero attached hydrogens (tertiary/aromatic N) is 3. The molecule has 110 valence electrons. The summed E-state index contributed by atoms with van der Waals surface area (Å²) in [5.74, 6) is -0.145. The summed E-state index contributed by atoms with van der Waals surface area (Å²) in [5, 5.41) is 13.7. The molecule has 0 spiro atoms. The smallest absolute Gasteiger partial charge is 0.270 e. The maximum absolute atomic E-state index is 12.1. The number of carbonyl (C=O) groups is 1. The first-order valence-corrected chi connectivity index (χ1v) is 7.21. The SMILES string of the molecule is Cc1nc(CN(C)CC(=O)c2cccc([N+](=O)[O-])c2)cs1. The van der Waals surface area contributed by atoms with Crippen LogP contribution < -0.4 is 0 Å². The van der Waals surface area contributed by atoms with Crippen molar-refractivity contribution in [3.8, 4) is 0 Å². The summed E-state index contributed by atoms with van der Waals surface area (Å²) in [7, 11) is 1.82. The third kappa shape index (κ3) is 4.17. The molecule has 1 aromatic carbocycles. The van der Waals surface area contributed by atoms with Gasteiger partial charge >= 0.3 is 0 Å². The average Bonchev–Trinajstić information content (AvgIpc) is 2.83. The minimum Gasteiger partial charge on any atom is -0.293 e. The van der Waals surface area contributed by atoms with Crippen LogP contribution in [0, 0.1) is 17.0 Å². The summed E-state index contributed by atoms with van der Waals surface area (Å²) in [4.78, 5) is 28.5. The fraction of sp³-hybridized carbons (Fsp3) is 0.286. The van der Waals surface area contributed by atoms with Gasteiger partial charge in [0.05, 0.1) is 22.2 Å². The predicted octanol–water partition coefficient (Wildman–Crippen LogP) is 2.67. The Balaban J connectivity index is 2.00. The Morgan fingerprint density at radius 2 is 2.24 bits per heavy atom. The van der Waals surface area contributed by atoms with Crippen LogP contribution in [0.5, 0.6) is 0 Å². The van der Waals surface area contributed by atoms with Crippen molar-refractivity contribution in [1.29, 1.82) is 0 Å². The van der Waals surface area contributed by atoms with E-state index in [-0.39, 0.29) is 18.0 Å². The first-order chi connectivity index (χ1) is 9.95. The van der Waals surface area contributed by atoms with Gasteiger partial charge in [0.15, 0.2) is 5.78 Å². The van der Waals surface area contributed by atoms with Crippen LogP contribution in [0.4, 0.5) is 5.69 Å². The van der Waals surface area contributed by atoms with Crippen molar-refractivity contribution < 1.29 is 9.72 Å². The van der Waals surface area contributed by atoms with Gasteiger partial charge in [-0.2, -0.15) is 0 Å². The fourth-order valence-corrected chi connectivity index (χ4v) is 2.55. The largest absolute Gasteiger partial charge is 0.293 e. The number of nitro groups is 1. The Morgan fingerprint density at radius 1 is 1.48 bits per heavy atom. The average molecular weight is 305 g/mol. The maximum atomic E-state index is 12.1. The number of non-ortho nitro benzene ring substituents is 1. The zero-order chi connectivity index (χ0) is 15.4. The van der Waals surface area contributed by atoms with E-state index in [0.717, 1.165) is 10.7 Å². The molecule has 0 aliphatic rings. The summed E-state index contributed by atoms with van der Waals surface area (Å²) in [6, 6.07) is 5.80. The Labute approximate surface area is 126 Å². The van der Waals surface area contributed by atoms with E-state index < -0.39 is 4.92 Å². The third-order valence-electron chi connectivity index (χ3n) is 2.89. The topological polar surface area (TPSA) is 76.3 Å². The van der Waals surface area contributed by atoms with E-state index in [1.54, 1.807) is 17.4 Å². The molecular weight excluding hydrogens is 290 g/mol. The van der Waals surface area contributed by atoms with Crippen LogP contribution >= 0.6 is 11.3 Å². The Morgan fingerprint density at radius 3 is 2.86 bits per heavy atom. The molecule has 7 heteroatoms. The highest BCUT2D eigenvalue weighted by molar-refractivity contribution is 7.09. The monoisotopic (exact) mass is 305 g/mol. The molecule has 1 heterocycles. The van der Waals surface area contributed by atoms with Gasteiger partial charge in [-0.25, -0.2) is 4.98 Å². The van der Waals surface area contributed by atoms with Crippen LogP contribution in [0.3, 0.4) is 0 Å². The van der Waals surface area contributed by atoms with Crippen molar-refractivity contribution >= 4 is 22.8 Å². The number of benzene rings is 1. The second-order valence-corrected chi connectivity index (χ2v) is 5.82. The summed E-state index contributed by atoms with van der Waals surface area (Å²) < 4.78 is 0. The van der Waals surface area contributed by atoms with E-state index in [2.05, 4.69) is 4.98 Å². The van der Waals surface area contributed by atoms with Gasteiger partial charge in [-0.15, -0.1) is 11.3 Å². The van der Waals surface area contributed by atoms with Crippen molar-refractivity contribution in [3.63, 3.8) is 0 Å². The minimum absolute atomic E-state index is 0.0707. The predicted molar refractivity (Wildman–Crippen MR) is 80.6 cm³/mol. The van der Waals surface area contributed by atoms with E-state index >= 15 is 0 Å². The van der Waals surface area contributed by atoms with Gasteiger partial charge in [-0.3, -0.25) is 19.8 Å². The van der Waals surface area contributed by atoms with Crippen molar-refractivity contribution in [2.24, 2.45) is 0 Å².